The van der Waals surface area contributed by atoms with Gasteiger partial charge in [-0.15, -0.1) is 0 Å². The van der Waals surface area contributed by atoms with Crippen molar-refractivity contribution < 1.29 is 4.79 Å². The van der Waals surface area contributed by atoms with Crippen LogP contribution < -0.4 is 5.32 Å². The summed E-state index contributed by atoms with van der Waals surface area (Å²) < 4.78 is 0. The fourth-order valence-electron chi connectivity index (χ4n) is 1.81. The van der Waals surface area contributed by atoms with Crippen molar-refractivity contribution in [2.75, 3.05) is 26.3 Å². The maximum atomic E-state index is 11.3. The molecule has 2 aliphatic heterocycles. The predicted molar refractivity (Wildman–Crippen MR) is 45.1 cm³/mol. The molecule has 0 aromatic heterocycles. The lowest BCUT2D eigenvalue weighted by Gasteiger charge is -2.34. The Morgan fingerprint density at radius 2 is 2.17 bits per heavy atom. The van der Waals surface area contributed by atoms with Crippen LogP contribution in [0.2, 0.25) is 0 Å². The first kappa shape index (κ1) is 8.01. The summed E-state index contributed by atoms with van der Waals surface area (Å²) in [4.78, 5) is 11.3. The largest absolute Gasteiger partial charge is 0.303 e. The standard InChI is InChI=1S/C8H15N3O/c12-8-3-1-6-11(8)10-5-2-4-9-7-10/h9H,1-7H2. The summed E-state index contributed by atoms with van der Waals surface area (Å²) in [5.41, 5.74) is 0. The van der Waals surface area contributed by atoms with Crippen molar-refractivity contribution in [3.63, 3.8) is 0 Å². The SMILES string of the molecule is O=C1CCCN1N1CCCNC1. The zero-order valence-corrected chi connectivity index (χ0v) is 7.25. The smallest absolute Gasteiger partial charge is 0.236 e. The quantitative estimate of drug-likeness (QED) is 0.589. The molecule has 0 bridgehead atoms. The van der Waals surface area contributed by atoms with Crippen LogP contribution in [0.5, 0.6) is 0 Å². The van der Waals surface area contributed by atoms with Crippen molar-refractivity contribution in [2.45, 2.75) is 19.3 Å². The summed E-state index contributed by atoms with van der Waals surface area (Å²) in [5, 5.41) is 7.28. The van der Waals surface area contributed by atoms with Gasteiger partial charge in [-0.05, 0) is 19.4 Å². The second kappa shape index (κ2) is 3.41. The number of hydrogen-bond acceptors (Lipinski definition) is 3. The Kier molecular flexibility index (Phi) is 2.28. The van der Waals surface area contributed by atoms with Crippen LogP contribution in [0.1, 0.15) is 19.3 Å². The third-order valence-corrected chi connectivity index (χ3v) is 2.45. The maximum absolute atomic E-state index is 11.3. The minimum Gasteiger partial charge on any atom is -0.303 e. The molecular formula is C8H15N3O. The van der Waals surface area contributed by atoms with E-state index in [1.807, 2.05) is 5.01 Å². The molecule has 0 aromatic rings. The molecule has 68 valence electrons. The van der Waals surface area contributed by atoms with Gasteiger partial charge in [-0.25, -0.2) is 5.01 Å². The molecule has 0 spiro atoms. The summed E-state index contributed by atoms with van der Waals surface area (Å²) in [6, 6.07) is 0. The minimum absolute atomic E-state index is 0.290. The van der Waals surface area contributed by atoms with E-state index in [-0.39, 0.29) is 0 Å². The molecule has 1 amide bonds. The molecule has 0 aliphatic carbocycles. The van der Waals surface area contributed by atoms with Crippen LogP contribution in [0.25, 0.3) is 0 Å². The molecule has 2 rings (SSSR count). The average molecular weight is 169 g/mol. The van der Waals surface area contributed by atoms with E-state index in [1.54, 1.807) is 0 Å². The van der Waals surface area contributed by atoms with Gasteiger partial charge in [-0.1, -0.05) is 0 Å². The van der Waals surface area contributed by atoms with Gasteiger partial charge in [-0.2, -0.15) is 0 Å². The van der Waals surface area contributed by atoms with E-state index in [2.05, 4.69) is 10.3 Å². The van der Waals surface area contributed by atoms with Gasteiger partial charge in [0.1, 0.15) is 0 Å². The van der Waals surface area contributed by atoms with E-state index in [0.717, 1.165) is 45.6 Å². The van der Waals surface area contributed by atoms with E-state index < -0.39 is 0 Å². The van der Waals surface area contributed by atoms with E-state index in [4.69, 9.17) is 0 Å². The lowest BCUT2D eigenvalue weighted by molar-refractivity contribution is -0.145. The van der Waals surface area contributed by atoms with Crippen molar-refractivity contribution >= 4 is 5.91 Å². The lowest BCUT2D eigenvalue weighted by Crippen LogP contribution is -2.51. The molecule has 0 aromatic carbocycles. The molecule has 0 atom stereocenters. The number of hydrogen-bond donors (Lipinski definition) is 1. The number of rotatable bonds is 1. The molecule has 0 radical (unpaired) electrons. The van der Waals surface area contributed by atoms with Gasteiger partial charge in [0, 0.05) is 19.5 Å². The minimum atomic E-state index is 0.290. The fraction of sp³-hybridized carbons (Fsp3) is 0.875. The summed E-state index contributed by atoms with van der Waals surface area (Å²) in [6.07, 6.45) is 2.90. The number of nitrogens with one attached hydrogen (secondary N) is 1. The molecule has 4 nitrogen and oxygen atoms in total. The third-order valence-electron chi connectivity index (χ3n) is 2.45. The Morgan fingerprint density at radius 1 is 1.25 bits per heavy atom. The number of carbonyl (C=O) groups is 1. The summed E-state index contributed by atoms with van der Waals surface area (Å²) in [5.74, 6) is 0.290. The molecule has 0 unspecified atom stereocenters. The van der Waals surface area contributed by atoms with Gasteiger partial charge in [-0.3, -0.25) is 9.80 Å². The number of amides is 1. The second-order valence-electron chi connectivity index (χ2n) is 3.36. The summed E-state index contributed by atoms with van der Waals surface area (Å²) >= 11 is 0. The van der Waals surface area contributed by atoms with Crippen LogP contribution in [-0.4, -0.2) is 42.2 Å². The topological polar surface area (TPSA) is 35.6 Å². The van der Waals surface area contributed by atoms with E-state index in [1.165, 1.54) is 0 Å². The van der Waals surface area contributed by atoms with Crippen LogP contribution >= 0.6 is 0 Å². The van der Waals surface area contributed by atoms with Crippen LogP contribution in [0.3, 0.4) is 0 Å². The lowest BCUT2D eigenvalue weighted by atomic mass is 10.4. The zero-order valence-electron chi connectivity index (χ0n) is 7.25. The van der Waals surface area contributed by atoms with Crippen LogP contribution in [0.4, 0.5) is 0 Å². The van der Waals surface area contributed by atoms with Gasteiger partial charge in [0.2, 0.25) is 5.91 Å². The number of nitrogens with zero attached hydrogens (tertiary/aromatic N) is 2. The monoisotopic (exact) mass is 169 g/mol. The fourth-order valence-corrected chi connectivity index (χ4v) is 1.81. The van der Waals surface area contributed by atoms with Crippen molar-refractivity contribution in [3.05, 3.63) is 0 Å². The van der Waals surface area contributed by atoms with Crippen LogP contribution in [-0.2, 0) is 4.79 Å². The van der Waals surface area contributed by atoms with Crippen LogP contribution in [0.15, 0.2) is 0 Å². The molecule has 12 heavy (non-hydrogen) atoms. The Balaban J connectivity index is 1.93. The normalized spacial score (nSPS) is 26.7. The van der Waals surface area contributed by atoms with Gasteiger partial charge in [0.15, 0.2) is 0 Å². The van der Waals surface area contributed by atoms with Gasteiger partial charge >= 0.3 is 0 Å². The molecule has 2 aliphatic rings. The highest BCUT2D eigenvalue weighted by atomic mass is 16.2. The third kappa shape index (κ3) is 1.44. The van der Waals surface area contributed by atoms with E-state index >= 15 is 0 Å². The van der Waals surface area contributed by atoms with Gasteiger partial charge in [0.05, 0.1) is 6.67 Å². The predicted octanol–water partition coefficient (Wildman–Crippen LogP) is -0.223. The summed E-state index contributed by atoms with van der Waals surface area (Å²) in [7, 11) is 0. The molecule has 2 heterocycles. The van der Waals surface area contributed by atoms with Gasteiger partial charge < -0.3 is 5.32 Å². The Labute approximate surface area is 72.5 Å². The molecule has 4 heteroatoms. The van der Waals surface area contributed by atoms with Crippen molar-refractivity contribution in [2.24, 2.45) is 0 Å². The first-order valence-electron chi connectivity index (χ1n) is 4.64. The molecule has 1 N–H and O–H groups in total. The van der Waals surface area contributed by atoms with E-state index in [0.29, 0.717) is 5.91 Å². The average Bonchev–Trinajstić information content (AvgIpc) is 2.53. The van der Waals surface area contributed by atoms with E-state index in [9.17, 15) is 4.79 Å². The highest BCUT2D eigenvalue weighted by molar-refractivity contribution is 5.77. The van der Waals surface area contributed by atoms with Crippen LogP contribution in [0, 0.1) is 0 Å². The highest BCUT2D eigenvalue weighted by Crippen LogP contribution is 2.13. The number of carbonyl (C=O) groups excluding carboxylic acids is 1. The summed E-state index contributed by atoms with van der Waals surface area (Å²) in [6.45, 7) is 3.86. The highest BCUT2D eigenvalue weighted by Gasteiger charge is 2.26. The van der Waals surface area contributed by atoms with Crippen molar-refractivity contribution in [3.8, 4) is 0 Å². The van der Waals surface area contributed by atoms with Crippen molar-refractivity contribution in [1.82, 2.24) is 15.3 Å². The maximum Gasteiger partial charge on any atom is 0.236 e. The second-order valence-corrected chi connectivity index (χ2v) is 3.36. The Hall–Kier alpha value is -0.610. The zero-order chi connectivity index (χ0) is 8.39. The van der Waals surface area contributed by atoms with Gasteiger partial charge in [0.25, 0.3) is 0 Å². The Bertz CT molecular complexity index is 177. The Morgan fingerprint density at radius 3 is 2.75 bits per heavy atom. The number of hydrazine groups is 1. The molecular weight excluding hydrogens is 154 g/mol. The molecule has 2 saturated heterocycles. The molecule has 2 fully saturated rings. The first-order valence-corrected chi connectivity index (χ1v) is 4.64. The van der Waals surface area contributed by atoms with Crippen molar-refractivity contribution in [1.29, 1.82) is 0 Å². The molecule has 0 saturated carbocycles. The first-order chi connectivity index (χ1) is 5.88.